The number of nitrogens with one attached hydrogen (secondary N) is 4. The van der Waals surface area contributed by atoms with Crippen molar-refractivity contribution >= 4 is 58.5 Å². The summed E-state index contributed by atoms with van der Waals surface area (Å²) < 4.78 is 9.95. The first-order chi connectivity index (χ1) is 19.7. The standard InChI is InChI=1S/C26H41N8O7Te/c1-16(2)21(32-24(28)37)17(3)30-20(7-6-12-29-23(27)36)22(35)31-19-10-8-18(9-11-19)15-40-25(38)33(4)13-14-34(5)26(39)41-42/h8-11,16,20-21,30H,3,6-7,12-15H2,1-2,4-5H3,(H,31,35)(H3,27,29,36)(H3,28,32,37)/t20-,21?/m0/s1. The molecule has 0 aliphatic carbocycles. The molecular formula is C26H41N8O7Te. The second kappa shape index (κ2) is 18.5. The molecule has 0 heterocycles. The second-order valence-electron chi connectivity index (χ2n) is 9.82. The number of nitrogens with zero attached hydrogens (tertiary/aromatic N) is 2. The van der Waals surface area contributed by atoms with Crippen molar-refractivity contribution in [2.45, 2.75) is 45.4 Å². The van der Waals surface area contributed by atoms with E-state index in [0.29, 0.717) is 29.8 Å². The Labute approximate surface area is 259 Å². The minimum atomic E-state index is -0.752. The predicted molar refractivity (Wildman–Crippen MR) is 157 cm³/mol. The molecule has 0 spiro atoms. The van der Waals surface area contributed by atoms with Gasteiger partial charge in [0.05, 0.1) is 6.04 Å². The Morgan fingerprint density at radius 3 is 2.07 bits per heavy atom. The van der Waals surface area contributed by atoms with Crippen LogP contribution < -0.4 is 32.7 Å². The van der Waals surface area contributed by atoms with Crippen LogP contribution in [0.15, 0.2) is 36.5 Å². The number of rotatable bonds is 16. The summed E-state index contributed by atoms with van der Waals surface area (Å²) in [5.41, 5.74) is 12.0. The van der Waals surface area contributed by atoms with E-state index in [0.717, 1.165) is 0 Å². The molecule has 0 saturated heterocycles. The van der Waals surface area contributed by atoms with Gasteiger partial charge in [-0.3, -0.25) is 4.79 Å². The van der Waals surface area contributed by atoms with Crippen molar-refractivity contribution in [1.82, 2.24) is 25.8 Å². The molecule has 15 nitrogen and oxygen atoms in total. The van der Waals surface area contributed by atoms with Crippen molar-refractivity contribution < 1.29 is 31.8 Å². The fourth-order valence-electron chi connectivity index (χ4n) is 3.62. The molecule has 0 aromatic heterocycles. The smallest absolute Gasteiger partial charge is 0.352 e. The zero-order valence-corrected chi connectivity index (χ0v) is 26.6. The first-order valence-electron chi connectivity index (χ1n) is 13.1. The molecule has 2 atom stereocenters. The molecule has 1 unspecified atom stereocenters. The van der Waals surface area contributed by atoms with Crippen LogP contribution in [0.3, 0.4) is 0 Å². The Kier molecular flexibility index (Phi) is 15.9. The number of urea groups is 2. The van der Waals surface area contributed by atoms with Crippen LogP contribution in [-0.4, -0.2) is 108 Å². The Morgan fingerprint density at radius 2 is 1.55 bits per heavy atom. The van der Waals surface area contributed by atoms with Gasteiger partial charge in [0.25, 0.3) is 0 Å². The molecule has 1 aromatic rings. The molecule has 0 bridgehead atoms. The average molecular weight is 705 g/mol. The molecular weight excluding hydrogens is 664 g/mol. The van der Waals surface area contributed by atoms with Crippen LogP contribution in [0.2, 0.25) is 0 Å². The van der Waals surface area contributed by atoms with Crippen molar-refractivity contribution in [2.75, 3.05) is 39.0 Å². The quantitative estimate of drug-likeness (QED) is 0.108. The maximum atomic E-state index is 13.2. The van der Waals surface area contributed by atoms with Gasteiger partial charge >= 0.3 is 138 Å². The number of ether oxygens (including phenoxy) is 1. The van der Waals surface area contributed by atoms with Gasteiger partial charge in [0.15, 0.2) is 0 Å². The topological polar surface area (TPSA) is 210 Å². The third-order valence-corrected chi connectivity index (χ3v) is 6.44. The SMILES string of the molecule is C=C(N[C@@H](CCCNC(N)=O)C(=O)Nc1ccc(COC(=O)N(C)CCN(C)C(=O)O[Te])cc1)C(NC(N)=O)C(C)C. The number of amides is 7. The van der Waals surface area contributed by atoms with Crippen molar-refractivity contribution in [3.8, 4) is 0 Å². The summed E-state index contributed by atoms with van der Waals surface area (Å²) in [5, 5.41) is 11.0. The number of carbonyl (C=O) groups is 5. The molecule has 1 aromatic carbocycles. The van der Waals surface area contributed by atoms with Gasteiger partial charge in [0, 0.05) is 17.9 Å². The molecule has 233 valence electrons. The van der Waals surface area contributed by atoms with Crippen LogP contribution in [0.25, 0.3) is 0 Å². The van der Waals surface area contributed by atoms with E-state index in [1.807, 2.05) is 13.8 Å². The van der Waals surface area contributed by atoms with Gasteiger partial charge in [-0.25, -0.2) is 9.59 Å². The first kappa shape index (κ1) is 36.1. The Balaban J connectivity index is 2.77. The zero-order valence-electron chi connectivity index (χ0n) is 24.3. The van der Waals surface area contributed by atoms with Crippen LogP contribution in [0.5, 0.6) is 0 Å². The van der Waals surface area contributed by atoms with Crippen LogP contribution >= 0.6 is 0 Å². The molecule has 8 N–H and O–H groups in total. The van der Waals surface area contributed by atoms with E-state index in [-0.39, 0.29) is 38.1 Å². The predicted octanol–water partition coefficient (Wildman–Crippen LogP) is 0.959. The molecule has 42 heavy (non-hydrogen) atoms. The number of nitrogens with two attached hydrogens (primary N) is 2. The third kappa shape index (κ3) is 13.6. The number of primary amides is 2. The van der Waals surface area contributed by atoms with E-state index in [4.69, 9.17) is 16.2 Å². The number of likely N-dealkylation sites (N-methyl/N-ethyl adjacent to an activating group) is 2. The monoisotopic (exact) mass is 707 g/mol. The first-order valence-corrected chi connectivity index (χ1v) is 14.1. The minimum Gasteiger partial charge on any atom is -0.352 e. The molecule has 0 aliphatic heterocycles. The summed E-state index contributed by atoms with van der Waals surface area (Å²) >= 11 is 1.21. The van der Waals surface area contributed by atoms with Gasteiger partial charge in [-0.05, 0) is 18.8 Å². The summed E-state index contributed by atoms with van der Waals surface area (Å²) in [6.45, 7) is 8.54. The molecule has 1 radical (unpaired) electrons. The van der Waals surface area contributed by atoms with Crippen LogP contribution in [0.4, 0.5) is 24.9 Å². The summed E-state index contributed by atoms with van der Waals surface area (Å²) in [6.07, 6.45) is -0.296. The number of hydrogen-bond donors (Lipinski definition) is 6. The van der Waals surface area contributed by atoms with Gasteiger partial charge < -0.3 is 32.7 Å². The second-order valence-corrected chi connectivity index (χ2v) is 10.3. The van der Waals surface area contributed by atoms with Gasteiger partial charge in [-0.2, -0.15) is 0 Å². The molecule has 0 saturated carbocycles. The maximum absolute atomic E-state index is 13.2. The van der Waals surface area contributed by atoms with E-state index < -0.39 is 36.3 Å². The third-order valence-electron chi connectivity index (χ3n) is 6.03. The van der Waals surface area contributed by atoms with E-state index in [2.05, 4.69) is 30.9 Å². The summed E-state index contributed by atoms with van der Waals surface area (Å²) in [6, 6.07) is 4.10. The fourth-order valence-corrected chi connectivity index (χ4v) is 3.99. The summed E-state index contributed by atoms with van der Waals surface area (Å²) in [5.74, 6) is -0.421. The molecule has 0 aliphatic rings. The fraction of sp³-hybridized carbons (Fsp3) is 0.500. The average Bonchev–Trinajstić information content (AvgIpc) is 2.94. The van der Waals surface area contributed by atoms with E-state index in [9.17, 15) is 24.0 Å². The number of anilines is 1. The number of benzene rings is 1. The number of carbonyl (C=O) groups excluding carboxylic acids is 5. The van der Waals surface area contributed by atoms with E-state index >= 15 is 0 Å². The Hall–Kier alpha value is -3.90. The minimum absolute atomic E-state index is 0.00493. The van der Waals surface area contributed by atoms with Gasteiger partial charge in [0.2, 0.25) is 5.91 Å². The zero-order chi connectivity index (χ0) is 31.8. The van der Waals surface area contributed by atoms with E-state index in [1.165, 1.54) is 32.5 Å². The van der Waals surface area contributed by atoms with E-state index in [1.54, 1.807) is 38.4 Å². The summed E-state index contributed by atoms with van der Waals surface area (Å²) in [4.78, 5) is 62.1. The van der Waals surface area contributed by atoms with Gasteiger partial charge in [-0.15, -0.1) is 0 Å². The molecule has 16 heteroatoms. The molecule has 1 rings (SSSR count). The Morgan fingerprint density at radius 1 is 0.952 bits per heavy atom. The van der Waals surface area contributed by atoms with Crippen molar-refractivity contribution in [1.29, 1.82) is 0 Å². The van der Waals surface area contributed by atoms with Crippen molar-refractivity contribution in [2.24, 2.45) is 17.4 Å². The van der Waals surface area contributed by atoms with Crippen molar-refractivity contribution in [3.63, 3.8) is 0 Å². The van der Waals surface area contributed by atoms with Crippen LogP contribution in [-0.2, 0) is 19.2 Å². The Bertz CT molecular complexity index is 1090. The van der Waals surface area contributed by atoms with Crippen molar-refractivity contribution in [3.05, 3.63) is 42.1 Å². The van der Waals surface area contributed by atoms with Gasteiger partial charge in [-0.1, -0.05) is 20.4 Å². The van der Waals surface area contributed by atoms with Crippen LogP contribution in [0, 0.1) is 5.92 Å². The van der Waals surface area contributed by atoms with Gasteiger partial charge in [0.1, 0.15) is 6.04 Å². The number of hydrogen-bond acceptors (Lipinski definition) is 8. The molecule has 0 fully saturated rings. The van der Waals surface area contributed by atoms with Crippen LogP contribution in [0.1, 0.15) is 32.3 Å². The molecule has 7 amide bonds. The normalized spacial score (nSPS) is 11.9. The summed E-state index contributed by atoms with van der Waals surface area (Å²) in [7, 11) is 3.12.